The number of carbonyl (C=O) groups excluding carboxylic acids is 1. The molecule has 0 fully saturated rings. The molecule has 0 saturated carbocycles. The first-order valence-electron chi connectivity index (χ1n) is 5.97. The molecular formula is C13H14BrN3OS. The van der Waals surface area contributed by atoms with Gasteiger partial charge in [-0.05, 0) is 29.1 Å². The van der Waals surface area contributed by atoms with Gasteiger partial charge in [0.15, 0.2) is 0 Å². The van der Waals surface area contributed by atoms with E-state index in [1.807, 2.05) is 25.1 Å². The van der Waals surface area contributed by atoms with Gasteiger partial charge in [-0.3, -0.25) is 4.79 Å². The van der Waals surface area contributed by atoms with Crippen molar-refractivity contribution in [2.24, 2.45) is 0 Å². The molecule has 0 aliphatic heterocycles. The zero-order valence-corrected chi connectivity index (χ0v) is 12.9. The van der Waals surface area contributed by atoms with Crippen LogP contribution in [0.5, 0.6) is 0 Å². The molecule has 1 aromatic carbocycles. The summed E-state index contributed by atoms with van der Waals surface area (Å²) >= 11 is 4.56. The number of nitrogens with one attached hydrogen (secondary N) is 1. The van der Waals surface area contributed by atoms with Gasteiger partial charge in [0.2, 0.25) is 0 Å². The molecule has 0 saturated heterocycles. The second-order valence-corrected chi connectivity index (χ2v) is 5.35. The van der Waals surface area contributed by atoms with E-state index < -0.39 is 0 Å². The number of benzene rings is 1. The number of nitrogens with zero attached hydrogens (tertiary/aromatic N) is 2. The Kier molecular flexibility index (Phi) is 5.04. The summed E-state index contributed by atoms with van der Waals surface area (Å²) in [5.41, 5.74) is 3.04. The van der Waals surface area contributed by atoms with Crippen LogP contribution in [0.25, 0.3) is 0 Å². The molecule has 1 aromatic heterocycles. The van der Waals surface area contributed by atoms with Crippen LogP contribution >= 0.6 is 27.5 Å². The van der Waals surface area contributed by atoms with Crippen molar-refractivity contribution in [3.63, 3.8) is 0 Å². The first kappa shape index (κ1) is 14.1. The van der Waals surface area contributed by atoms with Gasteiger partial charge in [-0.25, -0.2) is 0 Å². The van der Waals surface area contributed by atoms with Crippen LogP contribution in [0.15, 0.2) is 24.3 Å². The highest BCUT2D eigenvalue weighted by Crippen LogP contribution is 2.12. The van der Waals surface area contributed by atoms with Crippen molar-refractivity contribution in [1.29, 1.82) is 0 Å². The number of aromatic nitrogens is 2. The normalized spacial score (nSPS) is 10.4. The van der Waals surface area contributed by atoms with Crippen LogP contribution in [0, 0.1) is 0 Å². The second-order valence-electron chi connectivity index (χ2n) is 4.04. The lowest BCUT2D eigenvalue weighted by Gasteiger charge is -2.05. The zero-order chi connectivity index (χ0) is 13.7. The standard InChI is InChI=1S/C13H14BrN3OS/c1-2-11-12(19-17-16-11)13(18)15-8-10-5-3-4-9(6-10)7-14/h3-6H,2,7-8H2,1H3,(H,15,18). The third-order valence-corrected chi connectivity index (χ3v) is 4.11. The number of hydrogen-bond acceptors (Lipinski definition) is 4. The second kappa shape index (κ2) is 6.77. The maximum atomic E-state index is 12.0. The monoisotopic (exact) mass is 339 g/mol. The van der Waals surface area contributed by atoms with Gasteiger partial charge in [0, 0.05) is 11.9 Å². The molecule has 0 bridgehead atoms. The highest BCUT2D eigenvalue weighted by atomic mass is 79.9. The SMILES string of the molecule is CCc1nnsc1C(=O)NCc1cccc(CBr)c1. The van der Waals surface area contributed by atoms with E-state index in [9.17, 15) is 4.79 Å². The van der Waals surface area contributed by atoms with E-state index in [-0.39, 0.29) is 5.91 Å². The van der Waals surface area contributed by atoms with Gasteiger partial charge in [-0.15, -0.1) is 5.10 Å². The van der Waals surface area contributed by atoms with E-state index in [0.29, 0.717) is 11.4 Å². The molecule has 100 valence electrons. The number of aryl methyl sites for hydroxylation is 1. The van der Waals surface area contributed by atoms with E-state index in [0.717, 1.165) is 34.5 Å². The molecule has 19 heavy (non-hydrogen) atoms. The van der Waals surface area contributed by atoms with Crippen LogP contribution in [0.1, 0.15) is 33.4 Å². The van der Waals surface area contributed by atoms with Crippen molar-refractivity contribution in [3.8, 4) is 0 Å². The molecule has 2 aromatic rings. The fourth-order valence-electron chi connectivity index (χ4n) is 1.70. The minimum Gasteiger partial charge on any atom is -0.347 e. The lowest BCUT2D eigenvalue weighted by atomic mass is 10.1. The first-order chi connectivity index (χ1) is 9.24. The third-order valence-electron chi connectivity index (χ3n) is 2.70. The number of rotatable bonds is 5. The van der Waals surface area contributed by atoms with Gasteiger partial charge in [0.05, 0.1) is 5.69 Å². The van der Waals surface area contributed by atoms with Crippen LogP contribution < -0.4 is 5.32 Å². The minimum atomic E-state index is -0.101. The largest absolute Gasteiger partial charge is 0.347 e. The number of hydrogen-bond donors (Lipinski definition) is 1. The van der Waals surface area contributed by atoms with Gasteiger partial charge in [-0.2, -0.15) is 0 Å². The van der Waals surface area contributed by atoms with Crippen LogP contribution in [0.2, 0.25) is 0 Å². The van der Waals surface area contributed by atoms with E-state index in [1.54, 1.807) is 0 Å². The predicted molar refractivity (Wildman–Crippen MR) is 79.5 cm³/mol. The molecule has 1 N–H and O–H groups in total. The maximum absolute atomic E-state index is 12.0. The van der Waals surface area contributed by atoms with Gasteiger partial charge in [0.25, 0.3) is 5.91 Å². The van der Waals surface area contributed by atoms with Crippen molar-refractivity contribution < 1.29 is 4.79 Å². The smallest absolute Gasteiger partial charge is 0.265 e. The summed E-state index contributed by atoms with van der Waals surface area (Å²) in [7, 11) is 0. The van der Waals surface area contributed by atoms with Crippen molar-refractivity contribution in [3.05, 3.63) is 46.0 Å². The molecule has 0 spiro atoms. The average Bonchev–Trinajstić information content (AvgIpc) is 2.93. The van der Waals surface area contributed by atoms with E-state index >= 15 is 0 Å². The van der Waals surface area contributed by atoms with Crippen molar-refractivity contribution >= 4 is 33.4 Å². The highest BCUT2D eigenvalue weighted by Gasteiger charge is 2.14. The Hall–Kier alpha value is -1.27. The third kappa shape index (κ3) is 3.61. The fraction of sp³-hybridized carbons (Fsp3) is 0.308. The molecule has 0 unspecified atom stereocenters. The molecule has 0 aliphatic rings. The van der Waals surface area contributed by atoms with Crippen molar-refractivity contribution in [1.82, 2.24) is 14.9 Å². The molecule has 0 aliphatic carbocycles. The number of amides is 1. The zero-order valence-electron chi connectivity index (χ0n) is 10.5. The number of halogens is 1. The minimum absolute atomic E-state index is 0.101. The summed E-state index contributed by atoms with van der Waals surface area (Å²) in [6.07, 6.45) is 0.721. The summed E-state index contributed by atoms with van der Waals surface area (Å²) in [6.45, 7) is 2.48. The highest BCUT2D eigenvalue weighted by molar-refractivity contribution is 9.08. The number of alkyl halides is 1. The lowest BCUT2D eigenvalue weighted by Crippen LogP contribution is -2.23. The predicted octanol–water partition coefficient (Wildman–Crippen LogP) is 2.93. The van der Waals surface area contributed by atoms with Gasteiger partial charge >= 0.3 is 0 Å². The van der Waals surface area contributed by atoms with E-state index in [2.05, 4.69) is 36.9 Å². The Morgan fingerprint density at radius 2 is 2.21 bits per heavy atom. The molecule has 6 heteroatoms. The maximum Gasteiger partial charge on any atom is 0.265 e. The van der Waals surface area contributed by atoms with Gasteiger partial charge in [-0.1, -0.05) is 51.6 Å². The molecule has 4 nitrogen and oxygen atoms in total. The molecular weight excluding hydrogens is 326 g/mol. The quantitative estimate of drug-likeness (QED) is 0.852. The first-order valence-corrected chi connectivity index (χ1v) is 7.87. The summed E-state index contributed by atoms with van der Waals surface area (Å²) in [6, 6.07) is 8.10. The van der Waals surface area contributed by atoms with Gasteiger partial charge in [0.1, 0.15) is 4.88 Å². The molecule has 1 heterocycles. The topological polar surface area (TPSA) is 54.9 Å². The molecule has 0 atom stereocenters. The van der Waals surface area contributed by atoms with Crippen LogP contribution in [0.4, 0.5) is 0 Å². The summed E-state index contributed by atoms with van der Waals surface area (Å²) in [4.78, 5) is 12.6. The van der Waals surface area contributed by atoms with E-state index in [1.165, 1.54) is 5.56 Å². The Balaban J connectivity index is 2.00. The van der Waals surface area contributed by atoms with Crippen LogP contribution in [-0.4, -0.2) is 15.5 Å². The van der Waals surface area contributed by atoms with Gasteiger partial charge < -0.3 is 5.32 Å². The fourth-order valence-corrected chi connectivity index (χ4v) is 2.71. The lowest BCUT2D eigenvalue weighted by molar-refractivity contribution is 0.0954. The Bertz CT molecular complexity index is 571. The Morgan fingerprint density at radius 3 is 2.95 bits per heavy atom. The summed E-state index contributed by atoms with van der Waals surface area (Å²) in [5.74, 6) is -0.101. The molecule has 0 radical (unpaired) electrons. The molecule has 2 rings (SSSR count). The number of carbonyl (C=O) groups is 1. The molecule has 1 amide bonds. The Labute approximate surface area is 124 Å². The summed E-state index contributed by atoms with van der Waals surface area (Å²) < 4.78 is 3.82. The van der Waals surface area contributed by atoms with E-state index in [4.69, 9.17) is 0 Å². The summed E-state index contributed by atoms with van der Waals surface area (Å²) in [5, 5.41) is 7.66. The Morgan fingerprint density at radius 1 is 1.42 bits per heavy atom. The van der Waals surface area contributed by atoms with Crippen molar-refractivity contribution in [2.45, 2.75) is 25.2 Å². The van der Waals surface area contributed by atoms with Crippen molar-refractivity contribution in [2.75, 3.05) is 0 Å². The average molecular weight is 340 g/mol. The van der Waals surface area contributed by atoms with Crippen LogP contribution in [0.3, 0.4) is 0 Å². The van der Waals surface area contributed by atoms with Crippen LogP contribution in [-0.2, 0) is 18.3 Å².